The van der Waals surface area contributed by atoms with Crippen molar-refractivity contribution in [3.63, 3.8) is 0 Å². The van der Waals surface area contributed by atoms with Gasteiger partial charge in [0.1, 0.15) is 5.75 Å². The lowest BCUT2D eigenvalue weighted by molar-refractivity contribution is -0.132. The molecular weight excluding hydrogens is 356 g/mol. The van der Waals surface area contributed by atoms with E-state index < -0.39 is 0 Å². The number of nitriles is 1. The Labute approximate surface area is 144 Å². The lowest BCUT2D eigenvalue weighted by Crippen LogP contribution is -2.31. The molecule has 0 radical (unpaired) electrons. The second kappa shape index (κ2) is 8.35. The molecule has 0 aliphatic heterocycles. The van der Waals surface area contributed by atoms with Gasteiger partial charge in [0.05, 0.1) is 12.5 Å². The van der Waals surface area contributed by atoms with Gasteiger partial charge in [0, 0.05) is 18.1 Å². The minimum atomic E-state index is -0.0955. The molecule has 0 bridgehead atoms. The first kappa shape index (κ1) is 17.0. The van der Waals surface area contributed by atoms with Crippen LogP contribution < -0.4 is 4.74 Å². The number of amides is 1. The average molecular weight is 373 g/mol. The highest BCUT2D eigenvalue weighted by atomic mass is 79.9. The summed E-state index contributed by atoms with van der Waals surface area (Å²) < 4.78 is 6.48. The molecule has 1 amide bonds. The number of carbonyl (C=O) groups is 1. The Morgan fingerprint density at radius 3 is 2.57 bits per heavy atom. The Hall–Kier alpha value is -2.32. The van der Waals surface area contributed by atoms with Gasteiger partial charge in [-0.15, -0.1) is 0 Å². The van der Waals surface area contributed by atoms with E-state index in [0.717, 1.165) is 15.6 Å². The molecule has 0 aromatic heterocycles. The average Bonchev–Trinajstić information content (AvgIpc) is 2.56. The van der Waals surface area contributed by atoms with Crippen molar-refractivity contribution in [3.05, 3.63) is 64.1 Å². The van der Waals surface area contributed by atoms with Crippen LogP contribution >= 0.6 is 15.9 Å². The van der Waals surface area contributed by atoms with E-state index in [9.17, 15) is 4.79 Å². The predicted octanol–water partition coefficient (Wildman–Crippen LogP) is 3.55. The molecule has 0 aliphatic rings. The van der Waals surface area contributed by atoms with E-state index in [1.54, 1.807) is 24.1 Å². The number of rotatable bonds is 6. The molecule has 23 heavy (non-hydrogen) atoms. The SMILES string of the molecule is CN(Cc1ccccc1Br)C(=O)COc1ccc(CC#N)cc1. The molecule has 0 atom stereocenters. The van der Waals surface area contributed by atoms with Crippen LogP contribution in [0, 0.1) is 11.3 Å². The van der Waals surface area contributed by atoms with Gasteiger partial charge in [-0.25, -0.2) is 0 Å². The fourth-order valence-corrected chi connectivity index (χ4v) is 2.43. The van der Waals surface area contributed by atoms with Crippen LogP contribution in [0.1, 0.15) is 11.1 Å². The highest BCUT2D eigenvalue weighted by molar-refractivity contribution is 9.10. The van der Waals surface area contributed by atoms with Gasteiger partial charge in [-0.1, -0.05) is 46.3 Å². The summed E-state index contributed by atoms with van der Waals surface area (Å²) in [4.78, 5) is 13.8. The third-order valence-corrected chi connectivity index (χ3v) is 4.13. The van der Waals surface area contributed by atoms with Crippen molar-refractivity contribution >= 4 is 21.8 Å². The fraction of sp³-hybridized carbons (Fsp3) is 0.222. The van der Waals surface area contributed by atoms with Crippen LogP contribution in [-0.2, 0) is 17.8 Å². The lowest BCUT2D eigenvalue weighted by atomic mass is 10.2. The number of nitrogens with zero attached hydrogens (tertiary/aromatic N) is 2. The van der Waals surface area contributed by atoms with E-state index in [-0.39, 0.29) is 12.5 Å². The summed E-state index contributed by atoms with van der Waals surface area (Å²) in [5, 5.41) is 8.63. The van der Waals surface area contributed by atoms with Crippen molar-refractivity contribution in [2.45, 2.75) is 13.0 Å². The van der Waals surface area contributed by atoms with Crippen LogP contribution in [0.4, 0.5) is 0 Å². The van der Waals surface area contributed by atoms with Crippen molar-refractivity contribution in [1.29, 1.82) is 5.26 Å². The molecule has 0 saturated carbocycles. The largest absolute Gasteiger partial charge is 0.484 e. The van der Waals surface area contributed by atoms with Crippen molar-refractivity contribution < 1.29 is 9.53 Å². The van der Waals surface area contributed by atoms with Crippen molar-refractivity contribution in [2.75, 3.05) is 13.7 Å². The zero-order chi connectivity index (χ0) is 16.7. The highest BCUT2D eigenvalue weighted by Gasteiger charge is 2.11. The summed E-state index contributed by atoms with van der Waals surface area (Å²) in [5.41, 5.74) is 1.97. The molecule has 0 heterocycles. The Bertz CT molecular complexity index is 708. The minimum Gasteiger partial charge on any atom is -0.484 e. The van der Waals surface area contributed by atoms with Gasteiger partial charge in [0.25, 0.3) is 5.91 Å². The number of halogens is 1. The first-order valence-electron chi connectivity index (χ1n) is 7.16. The highest BCUT2D eigenvalue weighted by Crippen LogP contribution is 2.17. The van der Waals surface area contributed by atoms with E-state index in [4.69, 9.17) is 10.00 Å². The maximum absolute atomic E-state index is 12.1. The maximum Gasteiger partial charge on any atom is 0.260 e. The third-order valence-electron chi connectivity index (χ3n) is 3.36. The number of likely N-dealkylation sites (N-methyl/N-ethyl adjacent to an activating group) is 1. The molecule has 0 unspecified atom stereocenters. The maximum atomic E-state index is 12.1. The Balaban J connectivity index is 1.86. The van der Waals surface area contributed by atoms with Gasteiger partial charge in [-0.05, 0) is 29.3 Å². The van der Waals surface area contributed by atoms with Crippen LogP contribution in [-0.4, -0.2) is 24.5 Å². The number of hydrogen-bond acceptors (Lipinski definition) is 3. The summed E-state index contributed by atoms with van der Waals surface area (Å²) in [6, 6.07) is 17.1. The minimum absolute atomic E-state index is 0.0153. The Kier molecular flexibility index (Phi) is 6.19. The van der Waals surface area contributed by atoms with Crippen molar-refractivity contribution in [1.82, 2.24) is 4.90 Å². The van der Waals surface area contributed by atoms with Gasteiger partial charge in [0.15, 0.2) is 6.61 Å². The molecule has 0 N–H and O–H groups in total. The van der Waals surface area contributed by atoms with E-state index in [0.29, 0.717) is 18.7 Å². The second-order valence-electron chi connectivity index (χ2n) is 5.11. The smallest absolute Gasteiger partial charge is 0.260 e. The summed E-state index contributed by atoms with van der Waals surface area (Å²) in [7, 11) is 1.75. The normalized spacial score (nSPS) is 9.96. The number of hydrogen-bond donors (Lipinski definition) is 0. The van der Waals surface area contributed by atoms with Gasteiger partial charge >= 0.3 is 0 Å². The number of benzene rings is 2. The monoisotopic (exact) mass is 372 g/mol. The molecule has 0 spiro atoms. The summed E-state index contributed by atoms with van der Waals surface area (Å²) >= 11 is 3.48. The third kappa shape index (κ3) is 5.11. The Morgan fingerprint density at radius 1 is 1.22 bits per heavy atom. The first-order valence-corrected chi connectivity index (χ1v) is 7.95. The van der Waals surface area contributed by atoms with Gasteiger partial charge in [-0.2, -0.15) is 5.26 Å². The fourth-order valence-electron chi connectivity index (χ4n) is 2.02. The second-order valence-corrected chi connectivity index (χ2v) is 5.96. The quantitative estimate of drug-likeness (QED) is 0.778. The van der Waals surface area contributed by atoms with E-state index in [1.165, 1.54) is 0 Å². The molecule has 0 saturated heterocycles. The van der Waals surface area contributed by atoms with Gasteiger partial charge < -0.3 is 9.64 Å². The number of carbonyl (C=O) groups excluding carboxylic acids is 1. The molecule has 2 aromatic carbocycles. The molecular formula is C18H17BrN2O2. The van der Waals surface area contributed by atoms with E-state index in [2.05, 4.69) is 22.0 Å². The number of ether oxygens (including phenoxy) is 1. The van der Waals surface area contributed by atoms with Crippen LogP contribution in [0.3, 0.4) is 0 Å². The van der Waals surface area contributed by atoms with E-state index >= 15 is 0 Å². The molecule has 2 aromatic rings. The van der Waals surface area contributed by atoms with Crippen molar-refractivity contribution in [2.24, 2.45) is 0 Å². The Morgan fingerprint density at radius 2 is 1.91 bits per heavy atom. The predicted molar refractivity (Wildman–Crippen MR) is 91.9 cm³/mol. The van der Waals surface area contributed by atoms with Crippen LogP contribution in [0.25, 0.3) is 0 Å². The molecule has 118 valence electrons. The van der Waals surface area contributed by atoms with E-state index in [1.807, 2.05) is 36.4 Å². The van der Waals surface area contributed by atoms with Gasteiger partial charge in [-0.3, -0.25) is 4.79 Å². The zero-order valence-corrected chi connectivity index (χ0v) is 14.4. The summed E-state index contributed by atoms with van der Waals surface area (Å²) in [6.45, 7) is 0.503. The summed E-state index contributed by atoms with van der Waals surface area (Å²) in [5.74, 6) is 0.524. The topological polar surface area (TPSA) is 53.3 Å². The first-order chi connectivity index (χ1) is 11.1. The van der Waals surface area contributed by atoms with Crippen LogP contribution in [0.5, 0.6) is 5.75 Å². The molecule has 5 heteroatoms. The molecule has 0 fully saturated rings. The standard InChI is InChI=1S/C18H17BrN2O2/c1-21(12-15-4-2-3-5-17(15)19)18(22)13-23-16-8-6-14(7-9-16)10-11-20/h2-9H,10,12-13H2,1H3. The van der Waals surface area contributed by atoms with Crippen LogP contribution in [0.2, 0.25) is 0 Å². The zero-order valence-electron chi connectivity index (χ0n) is 12.8. The molecule has 0 aliphatic carbocycles. The molecule has 2 rings (SSSR count). The summed E-state index contributed by atoms with van der Waals surface area (Å²) in [6.07, 6.45) is 0.369. The van der Waals surface area contributed by atoms with Crippen molar-refractivity contribution in [3.8, 4) is 11.8 Å². The van der Waals surface area contributed by atoms with Gasteiger partial charge in [0.2, 0.25) is 0 Å². The van der Waals surface area contributed by atoms with Crippen LogP contribution in [0.15, 0.2) is 53.0 Å². The lowest BCUT2D eigenvalue weighted by Gasteiger charge is -2.18. The molecule has 4 nitrogen and oxygen atoms in total.